The molecule has 1 saturated heterocycles. The standard InChI is InChI=1S/C11H15FN2/c1-8-11(14-6-5-13-8)9-3-2-4-10(12)7-9/h2-4,7-8,11,13-14H,5-6H2,1H3. The van der Waals surface area contributed by atoms with Crippen molar-refractivity contribution in [1.82, 2.24) is 10.6 Å². The van der Waals surface area contributed by atoms with Crippen LogP contribution < -0.4 is 10.6 Å². The molecule has 0 amide bonds. The molecule has 0 bridgehead atoms. The quantitative estimate of drug-likeness (QED) is 0.707. The lowest BCUT2D eigenvalue weighted by molar-refractivity contribution is 0.345. The predicted molar refractivity (Wildman–Crippen MR) is 54.6 cm³/mol. The smallest absolute Gasteiger partial charge is 0.123 e. The molecular formula is C11H15FN2. The molecule has 2 atom stereocenters. The number of rotatable bonds is 1. The normalized spacial score (nSPS) is 27.6. The van der Waals surface area contributed by atoms with Gasteiger partial charge in [0.2, 0.25) is 0 Å². The molecule has 0 aromatic heterocycles. The molecule has 1 heterocycles. The Kier molecular flexibility index (Phi) is 2.79. The summed E-state index contributed by atoms with van der Waals surface area (Å²) < 4.78 is 13.0. The summed E-state index contributed by atoms with van der Waals surface area (Å²) in [5.41, 5.74) is 1.02. The molecule has 1 aliphatic heterocycles. The number of benzene rings is 1. The molecular weight excluding hydrogens is 179 g/mol. The highest BCUT2D eigenvalue weighted by Gasteiger charge is 2.21. The van der Waals surface area contributed by atoms with Crippen LogP contribution in [0, 0.1) is 5.82 Å². The average Bonchev–Trinajstić information content (AvgIpc) is 2.18. The van der Waals surface area contributed by atoms with Crippen LogP contribution in [0.25, 0.3) is 0 Å². The SMILES string of the molecule is CC1NCCNC1c1cccc(F)c1. The molecule has 0 aliphatic carbocycles. The molecule has 0 radical (unpaired) electrons. The van der Waals surface area contributed by atoms with Crippen molar-refractivity contribution < 1.29 is 4.39 Å². The van der Waals surface area contributed by atoms with Crippen molar-refractivity contribution in [3.8, 4) is 0 Å². The zero-order chi connectivity index (χ0) is 9.97. The second-order valence-electron chi connectivity index (χ2n) is 3.73. The van der Waals surface area contributed by atoms with E-state index in [9.17, 15) is 4.39 Å². The lowest BCUT2D eigenvalue weighted by Crippen LogP contribution is -2.48. The van der Waals surface area contributed by atoms with Gasteiger partial charge in [0.05, 0.1) is 0 Å². The van der Waals surface area contributed by atoms with E-state index in [2.05, 4.69) is 17.6 Å². The zero-order valence-corrected chi connectivity index (χ0v) is 8.26. The lowest BCUT2D eigenvalue weighted by Gasteiger charge is -2.31. The third-order valence-electron chi connectivity index (χ3n) is 2.66. The van der Waals surface area contributed by atoms with Crippen LogP contribution in [-0.2, 0) is 0 Å². The van der Waals surface area contributed by atoms with Gasteiger partial charge in [0.25, 0.3) is 0 Å². The molecule has 2 N–H and O–H groups in total. The third-order valence-corrected chi connectivity index (χ3v) is 2.66. The van der Waals surface area contributed by atoms with Gasteiger partial charge in [0, 0.05) is 25.2 Å². The maximum atomic E-state index is 13.0. The topological polar surface area (TPSA) is 24.1 Å². The fourth-order valence-electron chi connectivity index (χ4n) is 1.93. The molecule has 2 nitrogen and oxygen atoms in total. The maximum absolute atomic E-state index is 13.0. The van der Waals surface area contributed by atoms with E-state index in [0.29, 0.717) is 6.04 Å². The average molecular weight is 194 g/mol. The molecule has 2 rings (SSSR count). The van der Waals surface area contributed by atoms with E-state index >= 15 is 0 Å². The summed E-state index contributed by atoms with van der Waals surface area (Å²) in [6.45, 7) is 4.03. The van der Waals surface area contributed by atoms with Crippen LogP contribution >= 0.6 is 0 Å². The van der Waals surface area contributed by atoms with E-state index in [4.69, 9.17) is 0 Å². The van der Waals surface area contributed by atoms with Crippen LogP contribution in [0.15, 0.2) is 24.3 Å². The second-order valence-corrected chi connectivity index (χ2v) is 3.73. The summed E-state index contributed by atoms with van der Waals surface area (Å²) in [6.07, 6.45) is 0. The highest BCUT2D eigenvalue weighted by atomic mass is 19.1. The van der Waals surface area contributed by atoms with E-state index in [1.807, 2.05) is 6.07 Å². The van der Waals surface area contributed by atoms with E-state index in [1.54, 1.807) is 12.1 Å². The Morgan fingerprint density at radius 1 is 1.29 bits per heavy atom. The second kappa shape index (κ2) is 4.07. The molecule has 3 heteroatoms. The van der Waals surface area contributed by atoms with Gasteiger partial charge in [-0.3, -0.25) is 0 Å². The van der Waals surface area contributed by atoms with E-state index < -0.39 is 0 Å². The lowest BCUT2D eigenvalue weighted by atomic mass is 9.99. The van der Waals surface area contributed by atoms with E-state index in [1.165, 1.54) is 6.07 Å². The van der Waals surface area contributed by atoms with Gasteiger partial charge in [-0.05, 0) is 24.6 Å². The van der Waals surface area contributed by atoms with E-state index in [0.717, 1.165) is 18.7 Å². The first-order valence-corrected chi connectivity index (χ1v) is 4.99. The van der Waals surface area contributed by atoms with Gasteiger partial charge >= 0.3 is 0 Å². The van der Waals surface area contributed by atoms with Crippen molar-refractivity contribution in [2.24, 2.45) is 0 Å². The van der Waals surface area contributed by atoms with E-state index in [-0.39, 0.29) is 11.9 Å². The van der Waals surface area contributed by atoms with Gasteiger partial charge in [0.1, 0.15) is 5.82 Å². The van der Waals surface area contributed by atoms with Crippen LogP contribution in [0.5, 0.6) is 0 Å². The summed E-state index contributed by atoms with van der Waals surface area (Å²) in [7, 11) is 0. The summed E-state index contributed by atoms with van der Waals surface area (Å²) in [5.74, 6) is -0.165. The highest BCUT2D eigenvalue weighted by Crippen LogP contribution is 2.19. The Morgan fingerprint density at radius 2 is 2.07 bits per heavy atom. The summed E-state index contributed by atoms with van der Waals surface area (Å²) in [5, 5.41) is 6.75. The van der Waals surface area contributed by atoms with Crippen LogP contribution in [0.2, 0.25) is 0 Å². The first-order valence-electron chi connectivity index (χ1n) is 4.99. The monoisotopic (exact) mass is 194 g/mol. The van der Waals surface area contributed by atoms with Crippen molar-refractivity contribution in [3.63, 3.8) is 0 Å². The molecule has 76 valence electrons. The van der Waals surface area contributed by atoms with Gasteiger partial charge in [-0.1, -0.05) is 12.1 Å². The van der Waals surface area contributed by atoms with Crippen molar-refractivity contribution in [2.75, 3.05) is 13.1 Å². The van der Waals surface area contributed by atoms with Crippen molar-refractivity contribution in [2.45, 2.75) is 19.0 Å². The predicted octanol–water partition coefficient (Wildman–Crippen LogP) is 1.45. The maximum Gasteiger partial charge on any atom is 0.123 e. The van der Waals surface area contributed by atoms with Crippen LogP contribution in [0.1, 0.15) is 18.5 Å². The fraction of sp³-hybridized carbons (Fsp3) is 0.455. The number of piperazine rings is 1. The first-order chi connectivity index (χ1) is 6.77. The molecule has 0 spiro atoms. The minimum absolute atomic E-state index is 0.165. The highest BCUT2D eigenvalue weighted by molar-refractivity contribution is 5.22. The Hall–Kier alpha value is -0.930. The van der Waals surface area contributed by atoms with Crippen LogP contribution in [0.3, 0.4) is 0 Å². The van der Waals surface area contributed by atoms with Gasteiger partial charge in [-0.25, -0.2) is 4.39 Å². The number of hydrogen-bond acceptors (Lipinski definition) is 2. The summed E-state index contributed by atoms with van der Waals surface area (Å²) >= 11 is 0. The molecule has 1 fully saturated rings. The van der Waals surface area contributed by atoms with Crippen LogP contribution in [0.4, 0.5) is 4.39 Å². The molecule has 0 saturated carbocycles. The molecule has 1 aliphatic rings. The number of halogens is 1. The summed E-state index contributed by atoms with van der Waals surface area (Å²) in [6, 6.07) is 7.37. The largest absolute Gasteiger partial charge is 0.311 e. The van der Waals surface area contributed by atoms with Crippen molar-refractivity contribution >= 4 is 0 Å². The van der Waals surface area contributed by atoms with Crippen molar-refractivity contribution in [1.29, 1.82) is 0 Å². The van der Waals surface area contributed by atoms with Gasteiger partial charge in [-0.2, -0.15) is 0 Å². The third kappa shape index (κ3) is 1.94. The first kappa shape index (κ1) is 9.62. The number of hydrogen-bond donors (Lipinski definition) is 2. The summed E-state index contributed by atoms with van der Waals surface area (Å²) in [4.78, 5) is 0. The Labute approximate surface area is 83.5 Å². The zero-order valence-electron chi connectivity index (χ0n) is 8.26. The Bertz CT molecular complexity index is 314. The number of nitrogens with one attached hydrogen (secondary N) is 2. The van der Waals surface area contributed by atoms with Gasteiger partial charge in [0.15, 0.2) is 0 Å². The molecule has 1 aromatic carbocycles. The Balaban J connectivity index is 2.20. The Morgan fingerprint density at radius 3 is 2.79 bits per heavy atom. The minimum Gasteiger partial charge on any atom is -0.311 e. The van der Waals surface area contributed by atoms with Crippen LogP contribution in [-0.4, -0.2) is 19.1 Å². The molecule has 2 unspecified atom stereocenters. The van der Waals surface area contributed by atoms with Gasteiger partial charge in [-0.15, -0.1) is 0 Å². The van der Waals surface area contributed by atoms with Gasteiger partial charge < -0.3 is 10.6 Å². The fourth-order valence-corrected chi connectivity index (χ4v) is 1.93. The molecule has 1 aromatic rings. The van der Waals surface area contributed by atoms with Crippen molar-refractivity contribution in [3.05, 3.63) is 35.6 Å². The minimum atomic E-state index is -0.165. The molecule has 14 heavy (non-hydrogen) atoms.